The van der Waals surface area contributed by atoms with Gasteiger partial charge in [-0.25, -0.2) is 0 Å². The summed E-state index contributed by atoms with van der Waals surface area (Å²) in [6.07, 6.45) is 5.05. The fraction of sp³-hybridized carbons (Fsp3) is 0.500. The summed E-state index contributed by atoms with van der Waals surface area (Å²) in [7, 11) is 0. The Hall–Kier alpha value is -1.61. The number of benzene rings is 1. The molecule has 0 aliphatic carbocycles. The largest absolute Gasteiger partial charge is 0.369 e. The van der Waals surface area contributed by atoms with Crippen LogP contribution in [0.25, 0.3) is 10.8 Å². The van der Waals surface area contributed by atoms with Crippen LogP contribution >= 0.6 is 0 Å². The molecule has 1 aliphatic heterocycles. The van der Waals surface area contributed by atoms with Crippen molar-refractivity contribution in [2.24, 2.45) is 5.41 Å². The third kappa shape index (κ3) is 3.03. The number of nitrogens with one attached hydrogen (secondary N) is 1. The van der Waals surface area contributed by atoms with E-state index in [-0.39, 0.29) is 5.41 Å². The van der Waals surface area contributed by atoms with Crippen molar-refractivity contribution in [1.82, 2.24) is 10.3 Å². The fourth-order valence-corrected chi connectivity index (χ4v) is 3.09. The van der Waals surface area contributed by atoms with Gasteiger partial charge >= 0.3 is 0 Å². The van der Waals surface area contributed by atoms with Crippen LogP contribution in [0, 0.1) is 5.41 Å². The van der Waals surface area contributed by atoms with Gasteiger partial charge in [-0.3, -0.25) is 4.98 Å². The molecular weight excluding hydrogens is 258 g/mol. The van der Waals surface area contributed by atoms with Gasteiger partial charge in [0.1, 0.15) is 0 Å². The molecule has 2 aromatic rings. The predicted octanol–water partition coefficient (Wildman–Crippen LogP) is 3.45. The van der Waals surface area contributed by atoms with Gasteiger partial charge in [0.05, 0.1) is 0 Å². The summed E-state index contributed by atoms with van der Waals surface area (Å²) in [6, 6.07) is 9.15. The van der Waals surface area contributed by atoms with E-state index in [4.69, 9.17) is 0 Å². The van der Waals surface area contributed by atoms with E-state index in [1.807, 2.05) is 12.4 Å². The maximum absolute atomic E-state index is 4.32. The van der Waals surface area contributed by atoms with Crippen molar-refractivity contribution >= 4 is 16.5 Å². The molecule has 1 N–H and O–H groups in total. The van der Waals surface area contributed by atoms with Crippen molar-refractivity contribution < 1.29 is 0 Å². The molecule has 1 unspecified atom stereocenters. The molecule has 3 heteroatoms. The molecule has 1 fully saturated rings. The van der Waals surface area contributed by atoms with Crippen LogP contribution in [0.4, 0.5) is 5.69 Å². The standard InChI is InChI=1S/C18H25N3/c1-18(2,3)17-13-21(11-5-9-20-17)16-7-4-6-14-8-10-19-12-15(14)16/h4,6-8,10,12,17,20H,5,9,11,13H2,1-3H3. The molecule has 0 bridgehead atoms. The molecular formula is C18H25N3. The maximum Gasteiger partial charge on any atom is 0.0462 e. The van der Waals surface area contributed by atoms with Gasteiger partial charge in [0, 0.05) is 42.6 Å². The van der Waals surface area contributed by atoms with Crippen LogP contribution in [-0.2, 0) is 0 Å². The second-order valence-electron chi connectivity index (χ2n) is 7.05. The topological polar surface area (TPSA) is 28.2 Å². The van der Waals surface area contributed by atoms with E-state index in [0.717, 1.165) is 19.6 Å². The van der Waals surface area contributed by atoms with Gasteiger partial charge in [-0.05, 0) is 35.9 Å². The monoisotopic (exact) mass is 283 g/mol. The Morgan fingerprint density at radius 1 is 1.24 bits per heavy atom. The number of hydrogen-bond donors (Lipinski definition) is 1. The number of anilines is 1. The predicted molar refractivity (Wildman–Crippen MR) is 89.8 cm³/mol. The molecule has 0 amide bonds. The molecule has 2 heterocycles. The second kappa shape index (κ2) is 5.64. The highest BCUT2D eigenvalue weighted by Crippen LogP contribution is 2.29. The van der Waals surface area contributed by atoms with E-state index in [9.17, 15) is 0 Å². The van der Waals surface area contributed by atoms with Crippen LogP contribution in [0.1, 0.15) is 27.2 Å². The Balaban J connectivity index is 1.97. The lowest BCUT2D eigenvalue weighted by atomic mass is 9.86. The summed E-state index contributed by atoms with van der Waals surface area (Å²) in [5, 5.41) is 6.24. The highest BCUT2D eigenvalue weighted by atomic mass is 15.2. The Labute approximate surface area is 127 Å². The van der Waals surface area contributed by atoms with Crippen LogP contribution in [-0.4, -0.2) is 30.7 Å². The van der Waals surface area contributed by atoms with Crippen LogP contribution in [0.3, 0.4) is 0 Å². The molecule has 0 radical (unpaired) electrons. The maximum atomic E-state index is 4.32. The first kappa shape index (κ1) is 14.3. The SMILES string of the molecule is CC(C)(C)C1CN(c2cccc3ccncc23)CCCN1. The van der Waals surface area contributed by atoms with E-state index in [0.29, 0.717) is 6.04 Å². The third-order valence-electron chi connectivity index (χ3n) is 4.45. The average molecular weight is 283 g/mol. The van der Waals surface area contributed by atoms with E-state index < -0.39 is 0 Å². The summed E-state index contributed by atoms with van der Waals surface area (Å²) in [6.45, 7) is 10.2. The van der Waals surface area contributed by atoms with E-state index in [1.165, 1.54) is 22.9 Å². The van der Waals surface area contributed by atoms with Crippen molar-refractivity contribution in [1.29, 1.82) is 0 Å². The lowest BCUT2D eigenvalue weighted by Crippen LogP contribution is -2.46. The van der Waals surface area contributed by atoms with Crippen LogP contribution in [0.5, 0.6) is 0 Å². The molecule has 112 valence electrons. The first-order valence-corrected chi connectivity index (χ1v) is 7.87. The van der Waals surface area contributed by atoms with Crippen LogP contribution in [0.2, 0.25) is 0 Å². The van der Waals surface area contributed by atoms with Gasteiger partial charge in [0.15, 0.2) is 0 Å². The Kier molecular flexibility index (Phi) is 3.85. The molecule has 1 aliphatic rings. The number of nitrogens with zero attached hydrogens (tertiary/aromatic N) is 2. The minimum atomic E-state index is 0.269. The van der Waals surface area contributed by atoms with Crippen molar-refractivity contribution in [3.63, 3.8) is 0 Å². The van der Waals surface area contributed by atoms with Gasteiger partial charge in [-0.2, -0.15) is 0 Å². The molecule has 21 heavy (non-hydrogen) atoms. The quantitative estimate of drug-likeness (QED) is 0.869. The zero-order valence-corrected chi connectivity index (χ0v) is 13.3. The summed E-state index contributed by atoms with van der Waals surface area (Å²) >= 11 is 0. The Morgan fingerprint density at radius 3 is 2.90 bits per heavy atom. The van der Waals surface area contributed by atoms with E-state index in [1.54, 1.807) is 0 Å². The lowest BCUT2D eigenvalue weighted by molar-refractivity contribution is 0.280. The minimum Gasteiger partial charge on any atom is -0.369 e. The van der Waals surface area contributed by atoms with Crippen molar-refractivity contribution in [2.45, 2.75) is 33.2 Å². The first-order valence-electron chi connectivity index (χ1n) is 7.87. The van der Waals surface area contributed by atoms with Crippen molar-refractivity contribution in [3.8, 4) is 0 Å². The van der Waals surface area contributed by atoms with E-state index >= 15 is 0 Å². The van der Waals surface area contributed by atoms with Crippen molar-refractivity contribution in [3.05, 3.63) is 36.7 Å². The number of pyridine rings is 1. The number of hydrogen-bond acceptors (Lipinski definition) is 3. The summed E-state index contributed by atoms with van der Waals surface area (Å²) < 4.78 is 0. The fourth-order valence-electron chi connectivity index (χ4n) is 3.09. The van der Waals surface area contributed by atoms with Gasteiger partial charge in [0.25, 0.3) is 0 Å². The minimum absolute atomic E-state index is 0.269. The molecule has 1 aromatic carbocycles. The summed E-state index contributed by atoms with van der Waals surface area (Å²) in [4.78, 5) is 6.85. The van der Waals surface area contributed by atoms with Crippen LogP contribution < -0.4 is 10.2 Å². The molecule has 0 spiro atoms. The normalized spacial score (nSPS) is 20.5. The third-order valence-corrected chi connectivity index (χ3v) is 4.45. The molecule has 3 rings (SSSR count). The number of fused-ring (bicyclic) bond motifs is 1. The van der Waals surface area contributed by atoms with E-state index in [2.05, 4.69) is 60.2 Å². The zero-order chi connectivity index (χ0) is 14.9. The van der Waals surface area contributed by atoms with Crippen molar-refractivity contribution in [2.75, 3.05) is 24.5 Å². The zero-order valence-electron chi connectivity index (χ0n) is 13.3. The molecule has 3 nitrogen and oxygen atoms in total. The highest BCUT2D eigenvalue weighted by Gasteiger charge is 2.28. The van der Waals surface area contributed by atoms with Crippen LogP contribution in [0.15, 0.2) is 36.7 Å². The lowest BCUT2D eigenvalue weighted by Gasteiger charge is -2.35. The van der Waals surface area contributed by atoms with Gasteiger partial charge < -0.3 is 10.2 Å². The molecule has 0 saturated carbocycles. The van der Waals surface area contributed by atoms with Gasteiger partial charge in [-0.15, -0.1) is 0 Å². The average Bonchev–Trinajstić information content (AvgIpc) is 2.72. The Bertz CT molecular complexity index is 610. The molecule has 1 atom stereocenters. The van der Waals surface area contributed by atoms with Gasteiger partial charge in [0.2, 0.25) is 0 Å². The summed E-state index contributed by atoms with van der Waals surface area (Å²) in [5.74, 6) is 0. The second-order valence-corrected chi connectivity index (χ2v) is 7.05. The number of rotatable bonds is 1. The molecule has 1 aromatic heterocycles. The molecule has 1 saturated heterocycles. The Morgan fingerprint density at radius 2 is 2.10 bits per heavy atom. The van der Waals surface area contributed by atoms with Gasteiger partial charge in [-0.1, -0.05) is 32.9 Å². The summed E-state index contributed by atoms with van der Waals surface area (Å²) in [5.41, 5.74) is 1.59. The highest BCUT2D eigenvalue weighted by molar-refractivity contribution is 5.93. The first-order chi connectivity index (χ1) is 10.1. The smallest absolute Gasteiger partial charge is 0.0462 e. The number of aromatic nitrogens is 1.